The van der Waals surface area contributed by atoms with Gasteiger partial charge in [-0.2, -0.15) is 0 Å². The number of rotatable bonds is 3. The Hall–Kier alpha value is -2.22. The maximum Gasteiger partial charge on any atom is 0.270 e. The molecule has 0 spiro atoms. The number of hydrogen-bond acceptors (Lipinski definition) is 4. The number of nitro groups is 1. The number of carbonyl (C=O) groups excluding carboxylic acids is 1. The highest BCUT2D eigenvalue weighted by atomic mass is 35.5. The maximum absolute atomic E-state index is 13.8. The van der Waals surface area contributed by atoms with Crippen molar-refractivity contribution in [2.45, 2.75) is 13.0 Å². The number of morpholine rings is 1. The lowest BCUT2D eigenvalue weighted by molar-refractivity contribution is -0.384. The number of amides is 1. The van der Waals surface area contributed by atoms with E-state index >= 15 is 0 Å². The number of hydrogen-bond donors (Lipinski definition) is 0. The van der Waals surface area contributed by atoms with E-state index in [0.717, 1.165) is 0 Å². The number of ether oxygens (including phenoxy) is 1. The van der Waals surface area contributed by atoms with Crippen molar-refractivity contribution < 1.29 is 18.8 Å². The third-order valence-electron chi connectivity index (χ3n) is 4.40. The predicted molar refractivity (Wildman–Crippen MR) is 98.8 cm³/mol. The minimum Gasteiger partial charge on any atom is -0.370 e. The van der Waals surface area contributed by atoms with Crippen molar-refractivity contribution in [3.05, 3.63) is 73.0 Å². The minimum absolute atomic E-state index is 0.0975. The molecule has 0 saturated carbocycles. The standard InChI is InChI=1S/C18H15Cl2FN2O4/c1-10-2-3-11(23(25)26)6-12(10)18(24)22-4-5-27-17(9-22)13-7-16(21)15(20)8-14(13)19/h2-3,6-8,17H,4-5,9H2,1H3. The smallest absolute Gasteiger partial charge is 0.270 e. The molecule has 142 valence electrons. The molecule has 1 aliphatic heterocycles. The highest BCUT2D eigenvalue weighted by Crippen LogP contribution is 2.33. The normalized spacial score (nSPS) is 17.0. The molecule has 2 aromatic rings. The van der Waals surface area contributed by atoms with Crippen LogP contribution >= 0.6 is 23.2 Å². The topological polar surface area (TPSA) is 72.7 Å². The molecule has 0 N–H and O–H groups in total. The predicted octanol–water partition coefficient (Wildman–Crippen LogP) is 4.56. The highest BCUT2D eigenvalue weighted by molar-refractivity contribution is 6.35. The van der Waals surface area contributed by atoms with E-state index in [2.05, 4.69) is 0 Å². The van der Waals surface area contributed by atoms with E-state index in [0.29, 0.717) is 17.7 Å². The third kappa shape index (κ3) is 4.05. The van der Waals surface area contributed by atoms with Crippen LogP contribution in [0.4, 0.5) is 10.1 Å². The van der Waals surface area contributed by atoms with E-state index in [1.807, 2.05) is 0 Å². The number of nitrogens with zero attached hydrogens (tertiary/aromatic N) is 2. The molecule has 1 unspecified atom stereocenters. The Labute approximate surface area is 164 Å². The van der Waals surface area contributed by atoms with Crippen LogP contribution in [0.5, 0.6) is 0 Å². The summed E-state index contributed by atoms with van der Waals surface area (Å²) in [7, 11) is 0. The van der Waals surface area contributed by atoms with Crippen LogP contribution in [0.1, 0.15) is 27.6 Å². The first kappa shape index (κ1) is 19.5. The fourth-order valence-electron chi connectivity index (χ4n) is 2.93. The van der Waals surface area contributed by atoms with Crippen molar-refractivity contribution in [2.24, 2.45) is 0 Å². The maximum atomic E-state index is 13.8. The van der Waals surface area contributed by atoms with E-state index < -0.39 is 16.8 Å². The first-order valence-electron chi connectivity index (χ1n) is 8.08. The highest BCUT2D eigenvalue weighted by Gasteiger charge is 2.29. The second-order valence-corrected chi connectivity index (χ2v) is 6.97. The number of halogens is 3. The van der Waals surface area contributed by atoms with Gasteiger partial charge in [0.1, 0.15) is 11.9 Å². The van der Waals surface area contributed by atoms with Crippen LogP contribution < -0.4 is 0 Å². The Morgan fingerprint density at radius 2 is 2.04 bits per heavy atom. The van der Waals surface area contributed by atoms with Crippen LogP contribution in [0.2, 0.25) is 10.0 Å². The van der Waals surface area contributed by atoms with Gasteiger partial charge in [-0.15, -0.1) is 0 Å². The van der Waals surface area contributed by atoms with Gasteiger partial charge in [-0.25, -0.2) is 4.39 Å². The number of nitro benzene ring substituents is 1. The number of benzene rings is 2. The summed E-state index contributed by atoms with van der Waals surface area (Å²) in [5.74, 6) is -0.979. The number of aryl methyl sites for hydroxylation is 1. The van der Waals surface area contributed by atoms with Crippen LogP contribution in [0, 0.1) is 22.9 Å². The van der Waals surface area contributed by atoms with E-state index in [-0.39, 0.29) is 40.4 Å². The van der Waals surface area contributed by atoms with E-state index in [1.54, 1.807) is 6.92 Å². The van der Waals surface area contributed by atoms with E-state index in [9.17, 15) is 19.3 Å². The quantitative estimate of drug-likeness (QED) is 0.420. The molecule has 0 aromatic heterocycles. The molecule has 3 rings (SSSR count). The summed E-state index contributed by atoms with van der Waals surface area (Å²) in [6, 6.07) is 6.64. The summed E-state index contributed by atoms with van der Waals surface area (Å²) in [6.07, 6.45) is -0.624. The van der Waals surface area contributed by atoms with E-state index in [4.69, 9.17) is 27.9 Å². The first-order chi connectivity index (χ1) is 12.8. The van der Waals surface area contributed by atoms with Gasteiger partial charge in [-0.3, -0.25) is 14.9 Å². The Balaban J connectivity index is 1.87. The summed E-state index contributed by atoms with van der Waals surface area (Å²) in [5, 5.41) is 11.1. The lowest BCUT2D eigenvalue weighted by atomic mass is 10.0. The summed E-state index contributed by atoms with van der Waals surface area (Å²) in [5.41, 5.74) is 1.12. The lowest BCUT2D eigenvalue weighted by Gasteiger charge is -2.34. The monoisotopic (exact) mass is 412 g/mol. The summed E-state index contributed by atoms with van der Waals surface area (Å²) in [6.45, 7) is 2.39. The van der Waals surface area contributed by atoms with Crippen LogP contribution in [0.25, 0.3) is 0 Å². The fourth-order valence-corrected chi connectivity index (χ4v) is 3.44. The van der Waals surface area contributed by atoms with Crippen molar-refractivity contribution in [3.8, 4) is 0 Å². The molecule has 1 aliphatic rings. The number of carbonyl (C=O) groups is 1. The van der Waals surface area contributed by atoms with Crippen LogP contribution in [0.3, 0.4) is 0 Å². The van der Waals surface area contributed by atoms with Crippen molar-refractivity contribution in [2.75, 3.05) is 19.7 Å². The minimum atomic E-state index is -0.627. The SMILES string of the molecule is Cc1ccc([N+](=O)[O-])cc1C(=O)N1CCOC(c2cc(F)c(Cl)cc2Cl)C1. The number of non-ortho nitro benzene ring substituents is 1. The zero-order chi connectivity index (χ0) is 19.7. The van der Waals surface area contributed by atoms with Gasteiger partial charge in [0.15, 0.2) is 0 Å². The first-order valence-corrected chi connectivity index (χ1v) is 8.84. The molecule has 1 atom stereocenters. The molecule has 27 heavy (non-hydrogen) atoms. The molecule has 1 heterocycles. The largest absolute Gasteiger partial charge is 0.370 e. The average Bonchev–Trinajstić information content (AvgIpc) is 2.64. The Morgan fingerprint density at radius 3 is 2.74 bits per heavy atom. The summed E-state index contributed by atoms with van der Waals surface area (Å²) in [4.78, 5) is 24.9. The molecule has 9 heteroatoms. The third-order valence-corrected chi connectivity index (χ3v) is 5.02. The summed E-state index contributed by atoms with van der Waals surface area (Å²) >= 11 is 11.9. The van der Waals surface area contributed by atoms with Crippen LogP contribution in [0.15, 0.2) is 30.3 Å². The van der Waals surface area contributed by atoms with Crippen molar-refractivity contribution in [1.29, 1.82) is 0 Å². The Kier molecular flexibility index (Phi) is 5.64. The molecular formula is C18H15Cl2FN2O4. The zero-order valence-electron chi connectivity index (χ0n) is 14.2. The van der Waals surface area contributed by atoms with Gasteiger partial charge in [-0.05, 0) is 24.6 Å². The van der Waals surface area contributed by atoms with Crippen molar-refractivity contribution >= 4 is 34.8 Å². The fraction of sp³-hybridized carbons (Fsp3) is 0.278. The molecule has 1 fully saturated rings. The van der Waals surface area contributed by atoms with Gasteiger partial charge in [-0.1, -0.05) is 29.3 Å². The molecule has 2 aromatic carbocycles. The lowest BCUT2D eigenvalue weighted by Crippen LogP contribution is -2.42. The average molecular weight is 413 g/mol. The van der Waals surface area contributed by atoms with Gasteiger partial charge in [0, 0.05) is 34.8 Å². The summed E-state index contributed by atoms with van der Waals surface area (Å²) < 4.78 is 19.5. The van der Waals surface area contributed by atoms with Gasteiger partial charge in [0.25, 0.3) is 11.6 Å². The molecule has 6 nitrogen and oxygen atoms in total. The van der Waals surface area contributed by atoms with Crippen LogP contribution in [-0.2, 0) is 4.74 Å². The van der Waals surface area contributed by atoms with Crippen LogP contribution in [-0.4, -0.2) is 35.4 Å². The molecule has 0 bridgehead atoms. The van der Waals surface area contributed by atoms with Gasteiger partial charge in [0.05, 0.1) is 23.1 Å². The zero-order valence-corrected chi connectivity index (χ0v) is 15.8. The van der Waals surface area contributed by atoms with E-state index in [1.165, 1.54) is 35.2 Å². The van der Waals surface area contributed by atoms with Crippen molar-refractivity contribution in [1.82, 2.24) is 4.90 Å². The van der Waals surface area contributed by atoms with Crippen molar-refractivity contribution in [3.63, 3.8) is 0 Å². The second-order valence-electron chi connectivity index (χ2n) is 6.15. The Bertz CT molecular complexity index is 922. The molecule has 0 radical (unpaired) electrons. The van der Waals surface area contributed by atoms with Gasteiger partial charge < -0.3 is 9.64 Å². The molecule has 1 saturated heterocycles. The molecule has 0 aliphatic carbocycles. The molecule has 1 amide bonds. The molecular weight excluding hydrogens is 398 g/mol. The van der Waals surface area contributed by atoms with Gasteiger partial charge >= 0.3 is 0 Å². The Morgan fingerprint density at radius 1 is 1.30 bits per heavy atom. The van der Waals surface area contributed by atoms with Gasteiger partial charge in [0.2, 0.25) is 0 Å². The second kappa shape index (κ2) is 7.80.